The molecule has 4 rings (SSSR count). The lowest BCUT2D eigenvalue weighted by Crippen LogP contribution is -2.29. The van der Waals surface area contributed by atoms with Crippen LogP contribution >= 0.6 is 9.24 Å². The van der Waals surface area contributed by atoms with E-state index in [4.69, 9.17) is 5.73 Å². The largest absolute Gasteiger partial charge is 0.416 e. The Kier molecular flexibility index (Phi) is 5.61. The van der Waals surface area contributed by atoms with Crippen LogP contribution in [0.4, 0.5) is 33.6 Å². The highest BCUT2D eigenvalue weighted by atomic mass is 31.0. The number of alkyl halides is 5. The Labute approximate surface area is 183 Å². The van der Waals surface area contributed by atoms with Crippen LogP contribution < -0.4 is 16.0 Å². The number of hydrogen-bond donors (Lipinski definition) is 2. The van der Waals surface area contributed by atoms with Gasteiger partial charge < -0.3 is 16.0 Å². The molecule has 0 bridgehead atoms. The molecule has 0 aromatic carbocycles. The summed E-state index contributed by atoms with van der Waals surface area (Å²) >= 11 is 0. The molecule has 2 aromatic heterocycles. The van der Waals surface area contributed by atoms with E-state index in [0.717, 1.165) is 12.1 Å². The number of nitrogens with two attached hydrogens (primary N) is 1. The van der Waals surface area contributed by atoms with Crippen LogP contribution in [0.15, 0.2) is 24.4 Å². The SMILES string of the molecule is CC(=O)Nc1nccc(-c2cc(C(F)(F)F)cc(N3CC4C(N)[C@@H]4C3)n2)c1CC(F)(F)P. The van der Waals surface area contributed by atoms with Gasteiger partial charge in [0.2, 0.25) is 5.91 Å². The molecule has 0 radical (unpaired) electrons. The Balaban J connectivity index is 1.83. The van der Waals surface area contributed by atoms with E-state index in [1.807, 2.05) is 0 Å². The van der Waals surface area contributed by atoms with E-state index < -0.39 is 29.7 Å². The average Bonchev–Trinajstić information content (AvgIpc) is 3.08. The molecule has 12 heteroatoms. The second kappa shape index (κ2) is 7.88. The number of hydrogen-bond acceptors (Lipinski definition) is 5. The van der Waals surface area contributed by atoms with Crippen LogP contribution in [0.5, 0.6) is 0 Å². The van der Waals surface area contributed by atoms with Gasteiger partial charge >= 0.3 is 6.18 Å². The van der Waals surface area contributed by atoms with Crippen LogP contribution in [0, 0.1) is 11.8 Å². The smallest absolute Gasteiger partial charge is 0.356 e. The summed E-state index contributed by atoms with van der Waals surface area (Å²) in [7, 11) is 1.39. The molecule has 3 unspecified atom stereocenters. The number of rotatable bonds is 5. The first-order valence-electron chi connectivity index (χ1n) is 9.86. The first-order chi connectivity index (χ1) is 14.8. The van der Waals surface area contributed by atoms with Gasteiger partial charge in [0, 0.05) is 49.8 Å². The second-order valence-electron chi connectivity index (χ2n) is 8.21. The summed E-state index contributed by atoms with van der Waals surface area (Å²) in [6.45, 7) is 2.16. The summed E-state index contributed by atoms with van der Waals surface area (Å²) in [5.41, 5.74) is 1.52. The van der Waals surface area contributed by atoms with Gasteiger partial charge in [0.1, 0.15) is 11.6 Å². The zero-order valence-corrected chi connectivity index (χ0v) is 18.1. The number of nitrogens with one attached hydrogen (secondary N) is 1. The van der Waals surface area contributed by atoms with Gasteiger partial charge in [-0.15, -0.1) is 0 Å². The summed E-state index contributed by atoms with van der Waals surface area (Å²) in [5.74, 6) is -0.155. The van der Waals surface area contributed by atoms with Crippen molar-refractivity contribution in [3.05, 3.63) is 35.5 Å². The number of piperidine rings is 1. The second-order valence-corrected chi connectivity index (χ2v) is 9.06. The highest BCUT2D eigenvalue weighted by Gasteiger charge is 2.54. The minimum absolute atomic E-state index is 0.0410. The number of anilines is 2. The van der Waals surface area contributed by atoms with Crippen molar-refractivity contribution < 1.29 is 26.7 Å². The number of nitrogens with zero attached hydrogens (tertiary/aromatic N) is 3. The molecule has 2 fully saturated rings. The lowest BCUT2D eigenvalue weighted by Gasteiger charge is -2.23. The quantitative estimate of drug-likeness (QED) is 0.513. The van der Waals surface area contributed by atoms with Gasteiger partial charge in [-0.25, -0.2) is 18.7 Å². The van der Waals surface area contributed by atoms with Gasteiger partial charge in [0.05, 0.1) is 11.3 Å². The molecule has 3 N–H and O–H groups in total. The first kappa shape index (κ1) is 22.8. The normalized spacial score (nSPS) is 22.6. The molecule has 1 saturated heterocycles. The predicted molar refractivity (Wildman–Crippen MR) is 112 cm³/mol. The molecule has 1 amide bonds. The number of pyridine rings is 2. The fourth-order valence-electron chi connectivity index (χ4n) is 4.16. The van der Waals surface area contributed by atoms with Crippen LogP contribution in [0.3, 0.4) is 0 Å². The fraction of sp³-hybridized carbons (Fsp3) is 0.450. The highest BCUT2D eigenvalue weighted by Crippen LogP contribution is 2.46. The number of carbonyl (C=O) groups is 1. The monoisotopic (exact) mass is 473 g/mol. The highest BCUT2D eigenvalue weighted by molar-refractivity contribution is 7.18. The predicted octanol–water partition coefficient (Wildman–Crippen LogP) is 3.52. The number of aromatic nitrogens is 2. The summed E-state index contributed by atoms with van der Waals surface area (Å²) in [6.07, 6.45) is -4.30. The molecule has 172 valence electrons. The van der Waals surface area contributed by atoms with Crippen molar-refractivity contribution >= 4 is 26.8 Å². The van der Waals surface area contributed by atoms with Gasteiger partial charge in [-0.3, -0.25) is 4.79 Å². The molecule has 6 nitrogen and oxygen atoms in total. The van der Waals surface area contributed by atoms with Crippen molar-refractivity contribution in [3.8, 4) is 11.3 Å². The van der Waals surface area contributed by atoms with E-state index in [9.17, 15) is 26.7 Å². The van der Waals surface area contributed by atoms with E-state index >= 15 is 0 Å². The Bertz CT molecular complexity index is 1050. The van der Waals surface area contributed by atoms with Crippen LogP contribution in [0.25, 0.3) is 11.3 Å². The summed E-state index contributed by atoms with van der Waals surface area (Å²) < 4.78 is 68.8. The van der Waals surface area contributed by atoms with Gasteiger partial charge in [-0.2, -0.15) is 13.2 Å². The molecule has 4 atom stereocenters. The van der Waals surface area contributed by atoms with Gasteiger partial charge in [-0.05, 0) is 30.0 Å². The molecule has 1 aliphatic heterocycles. The minimum Gasteiger partial charge on any atom is -0.356 e. The zero-order valence-electron chi connectivity index (χ0n) is 17.0. The molecule has 1 saturated carbocycles. The lowest BCUT2D eigenvalue weighted by atomic mass is 10.0. The molecular formula is C20H21F5N5OP. The van der Waals surface area contributed by atoms with Crippen molar-refractivity contribution in [2.45, 2.75) is 31.2 Å². The van der Waals surface area contributed by atoms with Crippen molar-refractivity contribution in [1.82, 2.24) is 9.97 Å². The molecular weight excluding hydrogens is 452 g/mol. The van der Waals surface area contributed by atoms with Crippen molar-refractivity contribution in [1.29, 1.82) is 0 Å². The Morgan fingerprint density at radius 2 is 1.91 bits per heavy atom. The lowest BCUT2D eigenvalue weighted by molar-refractivity contribution is -0.137. The topological polar surface area (TPSA) is 84.1 Å². The van der Waals surface area contributed by atoms with Crippen LogP contribution in [-0.4, -0.2) is 40.7 Å². The third-order valence-corrected chi connectivity index (χ3v) is 5.97. The van der Waals surface area contributed by atoms with Crippen LogP contribution in [0.2, 0.25) is 0 Å². The van der Waals surface area contributed by atoms with Crippen LogP contribution in [-0.2, 0) is 17.4 Å². The number of carbonyl (C=O) groups excluding carboxylic acids is 1. The molecule has 32 heavy (non-hydrogen) atoms. The van der Waals surface area contributed by atoms with Crippen molar-refractivity contribution in [2.75, 3.05) is 23.3 Å². The Morgan fingerprint density at radius 3 is 2.47 bits per heavy atom. The molecule has 2 aliphatic rings. The number of amides is 1. The minimum atomic E-state index is -4.66. The van der Waals surface area contributed by atoms with Gasteiger partial charge in [-0.1, -0.05) is 9.24 Å². The van der Waals surface area contributed by atoms with Crippen LogP contribution in [0.1, 0.15) is 18.1 Å². The fourth-order valence-corrected chi connectivity index (χ4v) is 4.36. The molecule has 0 spiro atoms. The summed E-state index contributed by atoms with van der Waals surface area (Å²) in [6, 6.07) is 3.15. The average molecular weight is 473 g/mol. The third kappa shape index (κ3) is 4.68. The van der Waals surface area contributed by atoms with E-state index in [2.05, 4.69) is 15.3 Å². The Morgan fingerprint density at radius 1 is 1.25 bits per heavy atom. The van der Waals surface area contributed by atoms with E-state index in [-0.39, 0.29) is 46.3 Å². The standard InChI is InChI=1S/C20H21F5N5OP/c1-9(31)28-18-12(6-19(21,22)32)11(2-3-27-18)15-4-10(20(23,24)25)5-16(29-15)30-7-13-14(8-30)17(13)26/h2-5,13-14,17H,6-8,26,32H2,1H3,(H,27,28,31)/t13-,14?,17?/m1/s1. The van der Waals surface area contributed by atoms with Gasteiger partial charge in [0.15, 0.2) is 0 Å². The maximum atomic E-state index is 13.9. The number of fused-ring (bicyclic) bond motifs is 1. The molecule has 1 aliphatic carbocycles. The first-order valence-corrected chi connectivity index (χ1v) is 10.4. The Hall–Kier alpha value is -2.39. The summed E-state index contributed by atoms with van der Waals surface area (Å²) in [4.78, 5) is 21.6. The summed E-state index contributed by atoms with van der Waals surface area (Å²) in [5, 5.41) is 2.37. The van der Waals surface area contributed by atoms with E-state index in [1.54, 1.807) is 4.90 Å². The maximum absolute atomic E-state index is 13.9. The van der Waals surface area contributed by atoms with Crippen molar-refractivity contribution in [2.24, 2.45) is 17.6 Å². The van der Waals surface area contributed by atoms with Crippen molar-refractivity contribution in [3.63, 3.8) is 0 Å². The number of halogens is 5. The maximum Gasteiger partial charge on any atom is 0.416 e. The zero-order chi connectivity index (χ0) is 23.4. The molecule has 2 aromatic rings. The van der Waals surface area contributed by atoms with E-state index in [1.165, 1.54) is 28.4 Å². The van der Waals surface area contributed by atoms with E-state index in [0.29, 0.717) is 13.1 Å². The third-order valence-electron chi connectivity index (χ3n) is 5.76. The molecule has 3 heterocycles. The van der Waals surface area contributed by atoms with Gasteiger partial charge in [0.25, 0.3) is 5.66 Å².